The Kier molecular flexibility index (Phi) is 8.39. The standard InChI is InChI=1S/C21H22BrClN2O3S2/c1-21(29-7-8-30-21)11-19(26)25-24-12-14-9-16(22)20(18(10-14)27-2)28-13-15-5-3-4-6-17(15)23/h3-6,9-10,12H,7-8,11,13H2,1-2H3,(H,25,26)/b24-12-. The van der Waals surface area contributed by atoms with Gasteiger partial charge in [-0.15, -0.1) is 23.5 Å². The first-order valence-corrected chi connectivity index (χ1v) is 12.4. The van der Waals surface area contributed by atoms with Crippen LogP contribution in [0.2, 0.25) is 5.02 Å². The van der Waals surface area contributed by atoms with E-state index in [4.69, 9.17) is 21.1 Å². The van der Waals surface area contributed by atoms with Gasteiger partial charge in [-0.1, -0.05) is 29.8 Å². The molecule has 160 valence electrons. The molecule has 1 amide bonds. The highest BCUT2D eigenvalue weighted by Crippen LogP contribution is 2.45. The number of hydrogen-bond donors (Lipinski definition) is 1. The molecule has 0 aliphatic carbocycles. The number of hydrogen-bond acceptors (Lipinski definition) is 6. The smallest absolute Gasteiger partial charge is 0.242 e. The third kappa shape index (κ3) is 6.33. The van der Waals surface area contributed by atoms with E-state index in [1.165, 1.54) is 0 Å². The van der Waals surface area contributed by atoms with Crippen molar-refractivity contribution in [2.75, 3.05) is 18.6 Å². The first-order chi connectivity index (χ1) is 14.4. The van der Waals surface area contributed by atoms with Gasteiger partial charge in [-0.2, -0.15) is 5.10 Å². The lowest BCUT2D eigenvalue weighted by Gasteiger charge is -2.19. The van der Waals surface area contributed by atoms with Crippen molar-refractivity contribution < 1.29 is 14.3 Å². The molecule has 30 heavy (non-hydrogen) atoms. The average molecular weight is 530 g/mol. The van der Waals surface area contributed by atoms with Gasteiger partial charge >= 0.3 is 0 Å². The first kappa shape index (κ1) is 23.3. The second-order valence-corrected chi connectivity index (χ2v) is 11.4. The van der Waals surface area contributed by atoms with Crippen molar-refractivity contribution in [3.63, 3.8) is 0 Å². The van der Waals surface area contributed by atoms with Crippen molar-refractivity contribution in [1.29, 1.82) is 0 Å². The van der Waals surface area contributed by atoms with Gasteiger partial charge in [0.25, 0.3) is 0 Å². The Balaban J connectivity index is 1.63. The molecule has 1 saturated heterocycles. The molecule has 5 nitrogen and oxygen atoms in total. The molecule has 1 fully saturated rings. The molecule has 0 spiro atoms. The molecule has 9 heteroatoms. The fraction of sp³-hybridized carbons (Fsp3) is 0.333. The highest BCUT2D eigenvalue weighted by Gasteiger charge is 2.32. The largest absolute Gasteiger partial charge is 0.493 e. The summed E-state index contributed by atoms with van der Waals surface area (Å²) in [5.74, 6) is 3.19. The van der Waals surface area contributed by atoms with E-state index in [-0.39, 0.29) is 9.99 Å². The Bertz CT molecular complexity index is 936. The molecule has 1 aliphatic heterocycles. The van der Waals surface area contributed by atoms with Crippen LogP contribution in [0.4, 0.5) is 0 Å². The number of amides is 1. The Morgan fingerprint density at radius 2 is 2.07 bits per heavy atom. The summed E-state index contributed by atoms with van der Waals surface area (Å²) in [4.78, 5) is 12.2. The van der Waals surface area contributed by atoms with Crippen LogP contribution in [0, 0.1) is 0 Å². The number of nitrogens with zero attached hydrogens (tertiary/aromatic N) is 1. The van der Waals surface area contributed by atoms with E-state index in [0.29, 0.717) is 34.0 Å². The first-order valence-electron chi connectivity index (χ1n) is 9.24. The maximum atomic E-state index is 12.2. The minimum absolute atomic E-state index is 0.0630. The van der Waals surface area contributed by atoms with Crippen molar-refractivity contribution >= 4 is 63.2 Å². The van der Waals surface area contributed by atoms with Gasteiger partial charge in [0.1, 0.15) is 6.61 Å². The van der Waals surface area contributed by atoms with Gasteiger partial charge in [-0.3, -0.25) is 4.79 Å². The summed E-state index contributed by atoms with van der Waals surface area (Å²) in [5.41, 5.74) is 4.26. The van der Waals surface area contributed by atoms with Crippen LogP contribution in [-0.4, -0.2) is 34.8 Å². The zero-order valence-corrected chi connectivity index (χ0v) is 20.6. The molecular formula is C21H22BrClN2O3S2. The predicted molar refractivity (Wildman–Crippen MR) is 130 cm³/mol. The molecule has 0 unspecified atom stereocenters. The summed E-state index contributed by atoms with van der Waals surface area (Å²) < 4.78 is 12.1. The van der Waals surface area contributed by atoms with E-state index in [1.54, 1.807) is 19.4 Å². The van der Waals surface area contributed by atoms with Crippen molar-refractivity contribution in [2.45, 2.75) is 24.0 Å². The highest BCUT2D eigenvalue weighted by atomic mass is 79.9. The number of carbonyl (C=O) groups is 1. The lowest BCUT2D eigenvalue weighted by Crippen LogP contribution is -2.26. The predicted octanol–water partition coefficient (Wildman–Crippen LogP) is 5.73. The lowest BCUT2D eigenvalue weighted by molar-refractivity contribution is -0.121. The minimum Gasteiger partial charge on any atom is -0.493 e. The van der Waals surface area contributed by atoms with Crippen LogP contribution in [0.1, 0.15) is 24.5 Å². The number of carbonyl (C=O) groups excluding carboxylic acids is 1. The van der Waals surface area contributed by atoms with Crippen LogP contribution in [-0.2, 0) is 11.4 Å². The Hall–Kier alpha value is -1.35. The van der Waals surface area contributed by atoms with Crippen LogP contribution >= 0.6 is 51.1 Å². The lowest BCUT2D eigenvalue weighted by atomic mass is 10.2. The molecule has 3 rings (SSSR count). The third-order valence-electron chi connectivity index (χ3n) is 4.36. The van der Waals surface area contributed by atoms with Gasteiger partial charge in [0.2, 0.25) is 5.91 Å². The normalized spacial score (nSPS) is 15.3. The van der Waals surface area contributed by atoms with Crippen LogP contribution < -0.4 is 14.9 Å². The number of hydrazone groups is 1. The summed E-state index contributed by atoms with van der Waals surface area (Å²) in [6.45, 7) is 2.41. The molecule has 2 aromatic carbocycles. The van der Waals surface area contributed by atoms with Gasteiger partial charge in [0.15, 0.2) is 11.5 Å². The fourth-order valence-electron chi connectivity index (χ4n) is 2.89. The molecular weight excluding hydrogens is 508 g/mol. The van der Waals surface area contributed by atoms with Crippen molar-refractivity contribution in [3.8, 4) is 11.5 Å². The van der Waals surface area contributed by atoms with E-state index < -0.39 is 0 Å². The second kappa shape index (κ2) is 10.8. The summed E-state index contributed by atoms with van der Waals surface area (Å²) in [7, 11) is 1.57. The van der Waals surface area contributed by atoms with Crippen LogP contribution in [0.3, 0.4) is 0 Å². The Morgan fingerprint density at radius 1 is 1.33 bits per heavy atom. The number of ether oxygens (including phenoxy) is 2. The van der Waals surface area contributed by atoms with Crippen molar-refractivity contribution in [1.82, 2.24) is 5.43 Å². The van der Waals surface area contributed by atoms with E-state index in [9.17, 15) is 4.79 Å². The van der Waals surface area contributed by atoms with Gasteiger partial charge < -0.3 is 9.47 Å². The zero-order valence-electron chi connectivity index (χ0n) is 16.6. The number of benzene rings is 2. The Labute approximate surface area is 198 Å². The molecule has 2 aromatic rings. The maximum Gasteiger partial charge on any atom is 0.242 e. The van der Waals surface area contributed by atoms with E-state index in [2.05, 4.69) is 33.4 Å². The molecule has 1 N–H and O–H groups in total. The van der Waals surface area contributed by atoms with Gasteiger partial charge in [0.05, 0.1) is 28.3 Å². The second-order valence-electron chi connectivity index (χ2n) is 6.71. The molecule has 1 aliphatic rings. The minimum atomic E-state index is -0.0960. The molecule has 0 saturated carbocycles. The highest BCUT2D eigenvalue weighted by molar-refractivity contribution is 9.10. The third-order valence-corrected chi connectivity index (χ3v) is 8.61. The number of thioether (sulfide) groups is 2. The van der Waals surface area contributed by atoms with E-state index in [0.717, 1.165) is 22.6 Å². The van der Waals surface area contributed by atoms with Gasteiger partial charge in [0, 0.05) is 22.1 Å². The Morgan fingerprint density at radius 3 is 2.77 bits per heavy atom. The van der Waals surface area contributed by atoms with E-state index >= 15 is 0 Å². The summed E-state index contributed by atoms with van der Waals surface area (Å²) in [6.07, 6.45) is 2.02. The monoisotopic (exact) mass is 528 g/mol. The molecule has 0 radical (unpaired) electrons. The molecule has 0 aromatic heterocycles. The molecule has 0 bridgehead atoms. The van der Waals surface area contributed by atoms with Crippen LogP contribution in [0.15, 0.2) is 46.0 Å². The van der Waals surface area contributed by atoms with Crippen molar-refractivity contribution in [3.05, 3.63) is 57.0 Å². The quantitative estimate of drug-likeness (QED) is 0.350. The maximum absolute atomic E-state index is 12.2. The summed E-state index contributed by atoms with van der Waals surface area (Å²) in [6, 6.07) is 11.2. The number of methoxy groups -OCH3 is 1. The van der Waals surface area contributed by atoms with Crippen molar-refractivity contribution in [2.24, 2.45) is 5.10 Å². The van der Waals surface area contributed by atoms with E-state index in [1.807, 2.05) is 53.9 Å². The SMILES string of the molecule is COc1cc(/C=N\NC(=O)CC2(C)SCCS2)cc(Br)c1OCc1ccccc1Cl. The molecule has 1 heterocycles. The summed E-state index contributed by atoms with van der Waals surface area (Å²) >= 11 is 13.4. The fourth-order valence-corrected chi connectivity index (χ4v) is 6.48. The summed E-state index contributed by atoms with van der Waals surface area (Å²) in [5, 5.41) is 4.74. The average Bonchev–Trinajstić information content (AvgIpc) is 3.13. The topological polar surface area (TPSA) is 59.9 Å². The van der Waals surface area contributed by atoms with Gasteiger partial charge in [-0.05, 0) is 46.6 Å². The number of rotatable bonds is 8. The van der Waals surface area contributed by atoms with Crippen LogP contribution in [0.5, 0.6) is 11.5 Å². The van der Waals surface area contributed by atoms with Gasteiger partial charge in [-0.25, -0.2) is 5.43 Å². The number of halogens is 2. The zero-order chi connectivity index (χ0) is 21.6. The van der Waals surface area contributed by atoms with Crippen LogP contribution in [0.25, 0.3) is 0 Å². The number of nitrogens with one attached hydrogen (secondary N) is 1. The molecule has 0 atom stereocenters.